The Morgan fingerprint density at radius 1 is 1.24 bits per heavy atom. The summed E-state index contributed by atoms with van der Waals surface area (Å²) in [7, 11) is 0. The number of carbonyl (C=O) groups is 1. The number of phenols is 1. The van der Waals surface area contributed by atoms with Crippen LogP contribution in [0.5, 0.6) is 5.75 Å². The molecule has 1 amide bonds. The number of ether oxygens (including phenoxy) is 1. The third-order valence-electron chi connectivity index (χ3n) is 5.48. The average Bonchev–Trinajstić information content (AvgIpc) is 3.42. The first kappa shape index (κ1) is 23.1. The number of aromatic hydroxyl groups is 1. The van der Waals surface area contributed by atoms with Crippen LogP contribution >= 0.6 is 11.8 Å². The number of phenolic OH excluding ortho intramolecular Hbond substituents is 1. The monoisotopic (exact) mass is 467 g/mol. The van der Waals surface area contributed by atoms with Crippen LogP contribution < -0.4 is 10.6 Å². The molecular weight excluding hydrogens is 438 g/mol. The SMILES string of the molecule is Cc1ccc(NCc2nnc(SCC(=O)Nc3cccc(O)c3)n2C[C@H]2CCCO2)c(C)c1. The van der Waals surface area contributed by atoms with Gasteiger partial charge in [-0.05, 0) is 50.5 Å². The number of amides is 1. The zero-order valence-electron chi connectivity index (χ0n) is 18.9. The molecule has 3 N–H and O–H groups in total. The number of thioether (sulfide) groups is 1. The molecular formula is C24H29N5O3S. The normalized spacial score (nSPS) is 15.5. The number of nitrogens with one attached hydrogen (secondary N) is 2. The maximum absolute atomic E-state index is 12.4. The second-order valence-electron chi connectivity index (χ2n) is 8.20. The van der Waals surface area contributed by atoms with Crippen molar-refractivity contribution in [2.45, 2.75) is 51.0 Å². The number of carbonyl (C=O) groups excluding carboxylic acids is 1. The second-order valence-corrected chi connectivity index (χ2v) is 9.15. The zero-order chi connectivity index (χ0) is 23.2. The van der Waals surface area contributed by atoms with Crippen molar-refractivity contribution < 1.29 is 14.6 Å². The molecule has 1 saturated heterocycles. The Morgan fingerprint density at radius 3 is 2.88 bits per heavy atom. The number of aromatic nitrogens is 3. The van der Waals surface area contributed by atoms with Gasteiger partial charge in [-0.15, -0.1) is 10.2 Å². The van der Waals surface area contributed by atoms with Crippen LogP contribution in [0.3, 0.4) is 0 Å². The molecule has 9 heteroatoms. The molecule has 4 rings (SSSR count). The molecule has 0 unspecified atom stereocenters. The zero-order valence-corrected chi connectivity index (χ0v) is 19.7. The van der Waals surface area contributed by atoms with Crippen molar-refractivity contribution >= 4 is 29.0 Å². The second kappa shape index (κ2) is 10.7. The van der Waals surface area contributed by atoms with E-state index in [9.17, 15) is 9.90 Å². The molecule has 0 saturated carbocycles. The summed E-state index contributed by atoms with van der Waals surface area (Å²) in [6.07, 6.45) is 2.18. The van der Waals surface area contributed by atoms with Crippen molar-refractivity contribution in [1.29, 1.82) is 0 Å². The molecule has 33 heavy (non-hydrogen) atoms. The molecule has 1 aromatic heterocycles. The van der Waals surface area contributed by atoms with Crippen molar-refractivity contribution in [3.05, 3.63) is 59.4 Å². The van der Waals surface area contributed by atoms with E-state index in [1.807, 2.05) is 0 Å². The van der Waals surface area contributed by atoms with Crippen molar-refractivity contribution in [1.82, 2.24) is 14.8 Å². The summed E-state index contributed by atoms with van der Waals surface area (Å²) in [4.78, 5) is 12.4. The highest BCUT2D eigenvalue weighted by Gasteiger charge is 2.21. The van der Waals surface area contributed by atoms with E-state index >= 15 is 0 Å². The van der Waals surface area contributed by atoms with E-state index in [1.165, 1.54) is 29.0 Å². The van der Waals surface area contributed by atoms with Crippen molar-refractivity contribution in [3.63, 3.8) is 0 Å². The molecule has 0 bridgehead atoms. The topological polar surface area (TPSA) is 101 Å². The first-order valence-corrected chi connectivity index (χ1v) is 12.0. The maximum Gasteiger partial charge on any atom is 0.234 e. The number of hydrogen-bond donors (Lipinski definition) is 3. The van der Waals surface area contributed by atoms with Gasteiger partial charge in [-0.3, -0.25) is 4.79 Å². The van der Waals surface area contributed by atoms with Gasteiger partial charge in [0.05, 0.1) is 24.9 Å². The van der Waals surface area contributed by atoms with E-state index in [2.05, 4.69) is 57.4 Å². The third-order valence-corrected chi connectivity index (χ3v) is 6.45. The van der Waals surface area contributed by atoms with Gasteiger partial charge in [0.15, 0.2) is 11.0 Å². The predicted molar refractivity (Wildman–Crippen MR) is 130 cm³/mol. The summed E-state index contributed by atoms with van der Waals surface area (Å²) in [6.45, 7) is 6.12. The lowest BCUT2D eigenvalue weighted by molar-refractivity contribution is -0.113. The lowest BCUT2D eigenvalue weighted by Crippen LogP contribution is -2.20. The first-order valence-electron chi connectivity index (χ1n) is 11.0. The fourth-order valence-electron chi connectivity index (χ4n) is 3.83. The molecule has 1 fully saturated rings. The molecule has 2 heterocycles. The summed E-state index contributed by atoms with van der Waals surface area (Å²) in [5.74, 6) is 0.926. The minimum absolute atomic E-state index is 0.109. The fourth-order valence-corrected chi connectivity index (χ4v) is 4.60. The molecule has 174 valence electrons. The highest BCUT2D eigenvalue weighted by molar-refractivity contribution is 7.99. The van der Waals surface area contributed by atoms with Gasteiger partial charge < -0.3 is 25.0 Å². The number of benzene rings is 2. The Bertz CT molecular complexity index is 1110. The highest BCUT2D eigenvalue weighted by atomic mass is 32.2. The Kier molecular flexibility index (Phi) is 7.51. The molecule has 3 aromatic rings. The Balaban J connectivity index is 1.43. The van der Waals surface area contributed by atoms with Gasteiger partial charge >= 0.3 is 0 Å². The van der Waals surface area contributed by atoms with Crippen LogP contribution in [0.1, 0.15) is 29.8 Å². The standard InChI is InChI=1S/C24H29N5O3S/c1-16-8-9-21(17(2)11-16)25-13-22-27-28-24(29(22)14-20-7-4-10-32-20)33-15-23(31)26-18-5-3-6-19(30)12-18/h3,5-6,8-9,11-12,20,25,30H,4,7,10,13-15H2,1-2H3,(H,26,31)/t20-/m1/s1. The fraction of sp³-hybridized carbons (Fsp3) is 0.375. The quantitative estimate of drug-likeness (QED) is 0.407. The van der Waals surface area contributed by atoms with Crippen LogP contribution in [-0.4, -0.2) is 44.2 Å². The largest absolute Gasteiger partial charge is 0.508 e. The molecule has 1 aliphatic heterocycles. The summed E-state index contributed by atoms with van der Waals surface area (Å²) < 4.78 is 7.89. The van der Waals surface area contributed by atoms with Crippen LogP contribution in [0.2, 0.25) is 0 Å². The molecule has 0 radical (unpaired) electrons. The first-order chi connectivity index (χ1) is 16.0. The minimum Gasteiger partial charge on any atom is -0.508 e. The van der Waals surface area contributed by atoms with Gasteiger partial charge in [-0.25, -0.2) is 0 Å². The van der Waals surface area contributed by atoms with Crippen LogP contribution in [-0.2, 0) is 22.6 Å². The number of rotatable bonds is 9. The van der Waals surface area contributed by atoms with E-state index in [0.717, 1.165) is 31.0 Å². The summed E-state index contributed by atoms with van der Waals surface area (Å²) in [5, 5.41) is 25.3. The third kappa shape index (κ3) is 6.27. The number of anilines is 2. The molecule has 0 spiro atoms. The number of aryl methyl sites for hydroxylation is 2. The van der Waals surface area contributed by atoms with Gasteiger partial charge in [-0.2, -0.15) is 0 Å². The minimum atomic E-state index is -0.174. The lowest BCUT2D eigenvalue weighted by Gasteiger charge is -2.16. The average molecular weight is 468 g/mol. The molecule has 8 nitrogen and oxygen atoms in total. The van der Waals surface area contributed by atoms with Gasteiger partial charge in [-0.1, -0.05) is 35.5 Å². The molecule has 0 aliphatic carbocycles. The van der Waals surface area contributed by atoms with E-state index in [0.29, 0.717) is 23.9 Å². The predicted octanol–water partition coefficient (Wildman–Crippen LogP) is 4.12. The van der Waals surface area contributed by atoms with Gasteiger partial charge in [0.2, 0.25) is 5.91 Å². The summed E-state index contributed by atoms with van der Waals surface area (Å²) in [5.41, 5.74) is 4.02. The maximum atomic E-state index is 12.4. The van der Waals surface area contributed by atoms with E-state index in [-0.39, 0.29) is 23.5 Å². The van der Waals surface area contributed by atoms with Gasteiger partial charge in [0, 0.05) is 24.0 Å². The van der Waals surface area contributed by atoms with E-state index in [1.54, 1.807) is 18.2 Å². The Labute approximate surface area is 197 Å². The van der Waals surface area contributed by atoms with Crippen molar-refractivity contribution in [2.75, 3.05) is 23.0 Å². The highest BCUT2D eigenvalue weighted by Crippen LogP contribution is 2.23. The van der Waals surface area contributed by atoms with Gasteiger partial charge in [0.1, 0.15) is 5.75 Å². The van der Waals surface area contributed by atoms with Crippen molar-refractivity contribution in [2.24, 2.45) is 0 Å². The number of nitrogens with zero attached hydrogens (tertiary/aromatic N) is 3. The summed E-state index contributed by atoms with van der Waals surface area (Å²) in [6, 6.07) is 12.8. The van der Waals surface area contributed by atoms with E-state index < -0.39 is 0 Å². The lowest BCUT2D eigenvalue weighted by atomic mass is 10.1. The molecule has 1 aliphatic rings. The Morgan fingerprint density at radius 2 is 2.12 bits per heavy atom. The molecule has 2 aromatic carbocycles. The van der Waals surface area contributed by atoms with Crippen LogP contribution in [0.15, 0.2) is 47.6 Å². The van der Waals surface area contributed by atoms with Crippen molar-refractivity contribution in [3.8, 4) is 5.75 Å². The Hall–Kier alpha value is -3.04. The van der Waals surface area contributed by atoms with Crippen LogP contribution in [0.4, 0.5) is 11.4 Å². The van der Waals surface area contributed by atoms with Gasteiger partial charge in [0.25, 0.3) is 0 Å². The molecule has 1 atom stereocenters. The van der Waals surface area contributed by atoms with Crippen LogP contribution in [0.25, 0.3) is 0 Å². The smallest absolute Gasteiger partial charge is 0.234 e. The van der Waals surface area contributed by atoms with Crippen LogP contribution in [0, 0.1) is 13.8 Å². The number of hydrogen-bond acceptors (Lipinski definition) is 7. The van der Waals surface area contributed by atoms with E-state index in [4.69, 9.17) is 4.74 Å². The summed E-state index contributed by atoms with van der Waals surface area (Å²) >= 11 is 1.34.